The summed E-state index contributed by atoms with van der Waals surface area (Å²) in [5.41, 5.74) is 4.23. The van der Waals surface area contributed by atoms with Gasteiger partial charge >= 0.3 is 0 Å². The Balaban J connectivity index is 2.53. The second-order valence-corrected chi connectivity index (χ2v) is 5.72. The van der Waals surface area contributed by atoms with Crippen LogP contribution >= 0.6 is 23.2 Å². The molecular weight excluding hydrogens is 307 g/mol. The minimum atomic E-state index is -0.336. The molecule has 0 saturated heterocycles. The maximum atomic E-state index is 6.66. The normalized spacial score (nSPS) is 12.1. The van der Waals surface area contributed by atoms with Crippen molar-refractivity contribution < 1.29 is 9.47 Å². The predicted octanol–water partition coefficient (Wildman–Crippen LogP) is 5.30. The molecule has 0 saturated carbocycles. The van der Waals surface area contributed by atoms with E-state index in [2.05, 4.69) is 19.9 Å². The monoisotopic (exact) mass is 324 g/mol. The van der Waals surface area contributed by atoms with Crippen molar-refractivity contribution in [1.82, 2.24) is 0 Å². The van der Waals surface area contributed by atoms with Crippen LogP contribution in [0.1, 0.15) is 27.6 Å². The standard InChI is InChI=1S/C17H18Cl2O2/c1-10-6-5-7-12(11(10)2)17(19)13-8-15(20-3)16(21-4)9-14(13)18/h5-9,17H,1-4H3. The van der Waals surface area contributed by atoms with E-state index in [0.717, 1.165) is 11.1 Å². The second kappa shape index (κ2) is 6.59. The van der Waals surface area contributed by atoms with E-state index >= 15 is 0 Å². The van der Waals surface area contributed by atoms with Gasteiger partial charge in [0.15, 0.2) is 11.5 Å². The van der Waals surface area contributed by atoms with Crippen LogP contribution in [0.3, 0.4) is 0 Å². The van der Waals surface area contributed by atoms with Gasteiger partial charge in [-0.15, -0.1) is 11.6 Å². The summed E-state index contributed by atoms with van der Waals surface area (Å²) < 4.78 is 10.6. The average molecular weight is 325 g/mol. The third-order valence-corrected chi connectivity index (χ3v) is 4.49. The van der Waals surface area contributed by atoms with Gasteiger partial charge in [-0.3, -0.25) is 0 Å². The van der Waals surface area contributed by atoms with Crippen LogP contribution in [0.15, 0.2) is 30.3 Å². The summed E-state index contributed by atoms with van der Waals surface area (Å²) in [4.78, 5) is 0. The van der Waals surface area contributed by atoms with Crippen molar-refractivity contribution in [3.8, 4) is 11.5 Å². The van der Waals surface area contributed by atoms with Crippen molar-refractivity contribution in [3.63, 3.8) is 0 Å². The molecule has 0 aliphatic carbocycles. The molecule has 2 aromatic rings. The first-order valence-electron chi connectivity index (χ1n) is 6.61. The molecule has 21 heavy (non-hydrogen) atoms. The lowest BCUT2D eigenvalue weighted by Gasteiger charge is -2.18. The van der Waals surface area contributed by atoms with E-state index in [4.69, 9.17) is 32.7 Å². The molecule has 0 heterocycles. The van der Waals surface area contributed by atoms with E-state index in [9.17, 15) is 0 Å². The molecule has 1 unspecified atom stereocenters. The summed E-state index contributed by atoms with van der Waals surface area (Å²) in [6.45, 7) is 4.13. The van der Waals surface area contributed by atoms with Crippen molar-refractivity contribution in [3.05, 3.63) is 57.6 Å². The number of alkyl halides is 1. The van der Waals surface area contributed by atoms with Crippen molar-refractivity contribution >= 4 is 23.2 Å². The number of methoxy groups -OCH3 is 2. The number of rotatable bonds is 4. The number of hydrogen-bond donors (Lipinski definition) is 0. The van der Waals surface area contributed by atoms with Crippen LogP contribution in [-0.2, 0) is 0 Å². The van der Waals surface area contributed by atoms with Crippen LogP contribution in [0, 0.1) is 13.8 Å². The number of ether oxygens (including phenoxy) is 2. The summed E-state index contributed by atoms with van der Waals surface area (Å²) in [6, 6.07) is 9.66. The van der Waals surface area contributed by atoms with E-state index in [1.807, 2.05) is 18.2 Å². The molecule has 2 aromatic carbocycles. The Morgan fingerprint density at radius 1 is 0.952 bits per heavy atom. The first kappa shape index (κ1) is 16.0. The van der Waals surface area contributed by atoms with Crippen LogP contribution in [0.5, 0.6) is 11.5 Å². The molecule has 0 fully saturated rings. The molecule has 0 aliphatic heterocycles. The van der Waals surface area contributed by atoms with Crippen molar-refractivity contribution in [1.29, 1.82) is 0 Å². The van der Waals surface area contributed by atoms with E-state index in [-0.39, 0.29) is 5.38 Å². The molecule has 0 aromatic heterocycles. The molecule has 0 radical (unpaired) electrons. The van der Waals surface area contributed by atoms with Gasteiger partial charge in [0.25, 0.3) is 0 Å². The Kier molecular flexibility index (Phi) is 5.02. The molecule has 4 heteroatoms. The van der Waals surface area contributed by atoms with Crippen LogP contribution in [0.4, 0.5) is 0 Å². The molecule has 2 nitrogen and oxygen atoms in total. The lowest BCUT2D eigenvalue weighted by atomic mass is 9.96. The zero-order valence-electron chi connectivity index (χ0n) is 12.5. The number of benzene rings is 2. The number of hydrogen-bond acceptors (Lipinski definition) is 2. The zero-order chi connectivity index (χ0) is 15.6. The fraction of sp³-hybridized carbons (Fsp3) is 0.294. The lowest BCUT2D eigenvalue weighted by molar-refractivity contribution is 0.354. The Morgan fingerprint density at radius 2 is 1.57 bits per heavy atom. The molecule has 0 N–H and O–H groups in total. The molecule has 0 amide bonds. The number of halogens is 2. The molecule has 0 aliphatic rings. The smallest absolute Gasteiger partial charge is 0.162 e. The van der Waals surface area contributed by atoms with Crippen LogP contribution < -0.4 is 9.47 Å². The highest BCUT2D eigenvalue weighted by atomic mass is 35.5. The van der Waals surface area contributed by atoms with Crippen LogP contribution in [-0.4, -0.2) is 14.2 Å². The van der Waals surface area contributed by atoms with E-state index in [1.54, 1.807) is 20.3 Å². The van der Waals surface area contributed by atoms with E-state index in [1.165, 1.54) is 11.1 Å². The molecule has 112 valence electrons. The van der Waals surface area contributed by atoms with Gasteiger partial charge in [-0.25, -0.2) is 0 Å². The van der Waals surface area contributed by atoms with Gasteiger partial charge in [-0.05, 0) is 42.2 Å². The van der Waals surface area contributed by atoms with Gasteiger partial charge in [-0.1, -0.05) is 29.8 Å². The minimum Gasteiger partial charge on any atom is -0.493 e. The second-order valence-electron chi connectivity index (χ2n) is 4.88. The van der Waals surface area contributed by atoms with Crippen molar-refractivity contribution in [2.75, 3.05) is 14.2 Å². The minimum absolute atomic E-state index is 0.336. The Labute approximate surface area is 135 Å². The topological polar surface area (TPSA) is 18.5 Å². The third-order valence-electron chi connectivity index (χ3n) is 3.70. The summed E-state index contributed by atoms with van der Waals surface area (Å²) in [5, 5.41) is 0.228. The molecule has 2 rings (SSSR count). The van der Waals surface area contributed by atoms with E-state index < -0.39 is 0 Å². The third kappa shape index (κ3) is 3.12. The highest BCUT2D eigenvalue weighted by molar-refractivity contribution is 6.33. The summed E-state index contributed by atoms with van der Waals surface area (Å²) in [5.74, 6) is 1.21. The quantitative estimate of drug-likeness (QED) is 0.710. The van der Waals surface area contributed by atoms with Gasteiger partial charge in [-0.2, -0.15) is 0 Å². The van der Waals surface area contributed by atoms with Crippen LogP contribution in [0.2, 0.25) is 5.02 Å². The zero-order valence-corrected chi connectivity index (χ0v) is 14.0. The largest absolute Gasteiger partial charge is 0.493 e. The predicted molar refractivity (Wildman–Crippen MR) is 88.2 cm³/mol. The van der Waals surface area contributed by atoms with Gasteiger partial charge in [0.05, 0.1) is 19.6 Å². The summed E-state index contributed by atoms with van der Waals surface area (Å²) in [7, 11) is 3.17. The van der Waals surface area contributed by atoms with Crippen LogP contribution in [0.25, 0.3) is 0 Å². The van der Waals surface area contributed by atoms with E-state index in [0.29, 0.717) is 16.5 Å². The van der Waals surface area contributed by atoms with Gasteiger partial charge in [0, 0.05) is 11.1 Å². The number of aryl methyl sites for hydroxylation is 1. The summed E-state index contributed by atoms with van der Waals surface area (Å²) in [6.07, 6.45) is 0. The van der Waals surface area contributed by atoms with Gasteiger partial charge in [0.2, 0.25) is 0 Å². The fourth-order valence-electron chi connectivity index (χ4n) is 2.28. The molecule has 0 spiro atoms. The Morgan fingerprint density at radius 3 is 2.19 bits per heavy atom. The Bertz CT molecular complexity index is 653. The average Bonchev–Trinajstić information content (AvgIpc) is 2.49. The van der Waals surface area contributed by atoms with Crippen molar-refractivity contribution in [2.45, 2.75) is 19.2 Å². The lowest BCUT2D eigenvalue weighted by Crippen LogP contribution is -2.00. The molecule has 0 bridgehead atoms. The first-order chi connectivity index (χ1) is 9.99. The van der Waals surface area contributed by atoms with Crippen molar-refractivity contribution in [2.24, 2.45) is 0 Å². The fourth-order valence-corrected chi connectivity index (χ4v) is 3.02. The maximum absolute atomic E-state index is 6.66. The highest BCUT2D eigenvalue weighted by Gasteiger charge is 2.20. The SMILES string of the molecule is COc1cc(Cl)c(C(Cl)c2cccc(C)c2C)cc1OC. The molecule has 1 atom stereocenters. The molecular formula is C17H18Cl2O2. The first-order valence-corrected chi connectivity index (χ1v) is 7.42. The Hall–Kier alpha value is -1.38. The summed E-state index contributed by atoms with van der Waals surface area (Å²) >= 11 is 13.0. The van der Waals surface area contributed by atoms with Gasteiger partial charge in [0.1, 0.15) is 0 Å². The highest BCUT2D eigenvalue weighted by Crippen LogP contribution is 2.41. The maximum Gasteiger partial charge on any atom is 0.162 e. The van der Waals surface area contributed by atoms with Gasteiger partial charge < -0.3 is 9.47 Å².